The van der Waals surface area contributed by atoms with Crippen LogP contribution in [-0.4, -0.2) is 23.9 Å². The second kappa shape index (κ2) is 6.61. The predicted octanol–water partition coefficient (Wildman–Crippen LogP) is 2.53. The number of carbonyl (C=O) groups excluding carboxylic acids is 1. The zero-order chi connectivity index (χ0) is 12.8. The minimum Gasteiger partial charge on any atom is -0.469 e. The molecule has 0 saturated carbocycles. The molecular weight excluding hydrogens is 243 g/mol. The first-order valence-electron chi connectivity index (χ1n) is 5.21. The van der Waals surface area contributed by atoms with E-state index < -0.39 is 6.10 Å². The molecule has 0 bridgehead atoms. The van der Waals surface area contributed by atoms with Crippen LogP contribution in [0.5, 0.6) is 0 Å². The number of benzene rings is 1. The van der Waals surface area contributed by atoms with E-state index in [9.17, 15) is 14.3 Å². The molecule has 1 atom stereocenters. The molecule has 1 aromatic rings. The Balaban J connectivity index is 2.67. The highest BCUT2D eigenvalue weighted by Crippen LogP contribution is 2.28. The Labute approximate surface area is 104 Å². The molecule has 1 N–H and O–H groups in total. The summed E-state index contributed by atoms with van der Waals surface area (Å²) in [5, 5.41) is 9.51. The Morgan fingerprint density at radius 3 is 2.88 bits per heavy atom. The summed E-state index contributed by atoms with van der Waals surface area (Å²) in [6.07, 6.45) is -0.441. The molecule has 0 spiro atoms. The number of methoxy groups -OCH3 is 1. The number of thioether (sulfide) groups is 1. The van der Waals surface area contributed by atoms with Crippen molar-refractivity contribution in [2.24, 2.45) is 0 Å². The van der Waals surface area contributed by atoms with Crippen molar-refractivity contribution in [3.63, 3.8) is 0 Å². The number of aliphatic hydroxyl groups is 1. The molecule has 0 amide bonds. The molecule has 0 aromatic heterocycles. The van der Waals surface area contributed by atoms with Crippen molar-refractivity contribution in [2.75, 3.05) is 12.9 Å². The summed E-state index contributed by atoms with van der Waals surface area (Å²) in [7, 11) is 1.34. The predicted molar refractivity (Wildman–Crippen MR) is 64.4 cm³/mol. The molecule has 0 unspecified atom stereocenters. The van der Waals surface area contributed by atoms with E-state index in [1.807, 2.05) is 0 Å². The van der Waals surface area contributed by atoms with Gasteiger partial charge in [0.25, 0.3) is 0 Å². The Hall–Kier alpha value is -1.07. The zero-order valence-corrected chi connectivity index (χ0v) is 10.6. The first-order valence-corrected chi connectivity index (χ1v) is 6.20. The van der Waals surface area contributed by atoms with Crippen LogP contribution >= 0.6 is 11.8 Å². The zero-order valence-electron chi connectivity index (χ0n) is 9.77. The molecule has 3 nitrogen and oxygen atoms in total. The molecule has 94 valence electrons. The van der Waals surface area contributed by atoms with Crippen LogP contribution in [0.2, 0.25) is 0 Å². The van der Waals surface area contributed by atoms with Crippen LogP contribution in [0.4, 0.5) is 4.39 Å². The Morgan fingerprint density at radius 1 is 1.59 bits per heavy atom. The van der Waals surface area contributed by atoms with Gasteiger partial charge < -0.3 is 9.84 Å². The molecular formula is C12H15FO3S. The van der Waals surface area contributed by atoms with Crippen molar-refractivity contribution < 1.29 is 19.0 Å². The highest BCUT2D eigenvalue weighted by Gasteiger charge is 2.10. The van der Waals surface area contributed by atoms with Crippen molar-refractivity contribution in [1.29, 1.82) is 0 Å². The van der Waals surface area contributed by atoms with Gasteiger partial charge in [0, 0.05) is 10.6 Å². The fourth-order valence-electron chi connectivity index (χ4n) is 1.32. The highest BCUT2D eigenvalue weighted by molar-refractivity contribution is 7.99. The largest absolute Gasteiger partial charge is 0.469 e. The quantitative estimate of drug-likeness (QED) is 0.651. The van der Waals surface area contributed by atoms with E-state index in [4.69, 9.17) is 0 Å². The molecule has 0 radical (unpaired) electrons. The van der Waals surface area contributed by atoms with Crippen LogP contribution in [0.25, 0.3) is 0 Å². The summed E-state index contributed by atoms with van der Waals surface area (Å²) in [4.78, 5) is 11.7. The van der Waals surface area contributed by atoms with Gasteiger partial charge in [-0.05, 0) is 30.7 Å². The third-order valence-corrected chi connectivity index (χ3v) is 3.30. The Bertz CT molecular complexity index is 393. The lowest BCUT2D eigenvalue weighted by atomic mass is 10.1. The van der Waals surface area contributed by atoms with E-state index in [2.05, 4.69) is 4.74 Å². The molecule has 0 saturated heterocycles. The van der Waals surface area contributed by atoms with Gasteiger partial charge in [0.05, 0.1) is 19.6 Å². The third kappa shape index (κ3) is 4.36. The maximum atomic E-state index is 13.0. The normalized spacial score (nSPS) is 12.2. The first-order chi connectivity index (χ1) is 8.04. The standard InChI is InChI=1S/C12H15FO3S/c1-8(14)10-7-9(13)3-4-11(10)17-6-5-12(15)16-2/h3-4,7-8,14H,5-6H2,1-2H3/t8-/m1/s1. The van der Waals surface area contributed by atoms with Crippen molar-refractivity contribution in [3.05, 3.63) is 29.6 Å². The highest BCUT2D eigenvalue weighted by atomic mass is 32.2. The molecule has 17 heavy (non-hydrogen) atoms. The van der Waals surface area contributed by atoms with E-state index in [1.165, 1.54) is 31.0 Å². The minimum absolute atomic E-state index is 0.279. The van der Waals surface area contributed by atoms with Gasteiger partial charge in [-0.3, -0.25) is 4.79 Å². The van der Waals surface area contributed by atoms with Crippen LogP contribution in [0, 0.1) is 5.82 Å². The van der Waals surface area contributed by atoms with Gasteiger partial charge in [0.15, 0.2) is 0 Å². The van der Waals surface area contributed by atoms with E-state index >= 15 is 0 Å². The van der Waals surface area contributed by atoms with Gasteiger partial charge in [-0.1, -0.05) is 0 Å². The molecule has 0 fully saturated rings. The first kappa shape index (κ1) is 14.0. The number of ether oxygens (including phenoxy) is 1. The number of aliphatic hydroxyl groups excluding tert-OH is 1. The minimum atomic E-state index is -0.730. The van der Waals surface area contributed by atoms with Gasteiger partial charge >= 0.3 is 5.97 Å². The summed E-state index contributed by atoms with van der Waals surface area (Å²) in [5.74, 6) is -0.116. The van der Waals surface area contributed by atoms with Gasteiger partial charge in [0.1, 0.15) is 5.82 Å². The van der Waals surface area contributed by atoms with Crippen LogP contribution in [0.1, 0.15) is 25.0 Å². The summed E-state index contributed by atoms with van der Waals surface area (Å²) in [6, 6.07) is 4.26. The molecule has 0 aliphatic carbocycles. The van der Waals surface area contributed by atoms with Gasteiger partial charge in [-0.15, -0.1) is 11.8 Å². The van der Waals surface area contributed by atoms with Crippen molar-refractivity contribution in [2.45, 2.75) is 24.3 Å². The topological polar surface area (TPSA) is 46.5 Å². The average Bonchev–Trinajstić information content (AvgIpc) is 2.30. The SMILES string of the molecule is COC(=O)CCSc1ccc(F)cc1[C@@H](C)O. The van der Waals surface area contributed by atoms with Crippen molar-refractivity contribution in [3.8, 4) is 0 Å². The number of esters is 1. The van der Waals surface area contributed by atoms with Crippen LogP contribution in [0.15, 0.2) is 23.1 Å². The molecule has 0 aliphatic rings. The van der Waals surface area contributed by atoms with E-state index in [0.717, 1.165) is 4.90 Å². The lowest BCUT2D eigenvalue weighted by Crippen LogP contribution is -2.02. The smallest absolute Gasteiger partial charge is 0.306 e. The number of rotatable bonds is 5. The summed E-state index contributed by atoms with van der Waals surface area (Å²) < 4.78 is 17.5. The van der Waals surface area contributed by atoms with E-state index in [0.29, 0.717) is 11.3 Å². The number of hydrogen-bond donors (Lipinski definition) is 1. The summed E-state index contributed by atoms with van der Waals surface area (Å²) in [5.41, 5.74) is 0.542. The van der Waals surface area contributed by atoms with E-state index in [1.54, 1.807) is 13.0 Å². The van der Waals surface area contributed by atoms with Crippen LogP contribution < -0.4 is 0 Å². The molecule has 1 aromatic carbocycles. The van der Waals surface area contributed by atoms with Gasteiger partial charge in [-0.25, -0.2) is 4.39 Å². The lowest BCUT2D eigenvalue weighted by molar-refractivity contribution is -0.140. The fourth-order valence-corrected chi connectivity index (χ4v) is 2.37. The molecule has 1 rings (SSSR count). The second-order valence-electron chi connectivity index (χ2n) is 3.53. The van der Waals surface area contributed by atoms with Crippen LogP contribution in [-0.2, 0) is 9.53 Å². The fraction of sp³-hybridized carbons (Fsp3) is 0.417. The van der Waals surface area contributed by atoms with Gasteiger partial charge in [-0.2, -0.15) is 0 Å². The Kier molecular flexibility index (Phi) is 5.44. The molecule has 5 heteroatoms. The monoisotopic (exact) mass is 258 g/mol. The van der Waals surface area contributed by atoms with Crippen molar-refractivity contribution in [1.82, 2.24) is 0 Å². The third-order valence-electron chi connectivity index (χ3n) is 2.21. The maximum Gasteiger partial charge on any atom is 0.306 e. The van der Waals surface area contributed by atoms with Crippen molar-refractivity contribution >= 4 is 17.7 Å². The second-order valence-corrected chi connectivity index (χ2v) is 4.67. The summed E-state index contributed by atoms with van der Waals surface area (Å²) >= 11 is 1.40. The number of hydrogen-bond acceptors (Lipinski definition) is 4. The Morgan fingerprint density at radius 2 is 2.29 bits per heavy atom. The summed E-state index contributed by atoms with van der Waals surface area (Å²) in [6.45, 7) is 1.58. The molecule has 0 aliphatic heterocycles. The average molecular weight is 258 g/mol. The van der Waals surface area contributed by atoms with E-state index in [-0.39, 0.29) is 18.2 Å². The number of carbonyl (C=O) groups is 1. The van der Waals surface area contributed by atoms with Gasteiger partial charge in [0.2, 0.25) is 0 Å². The maximum absolute atomic E-state index is 13.0. The number of halogens is 1. The lowest BCUT2D eigenvalue weighted by Gasteiger charge is -2.11. The van der Waals surface area contributed by atoms with Crippen LogP contribution in [0.3, 0.4) is 0 Å². The molecule has 0 heterocycles.